The Morgan fingerprint density at radius 3 is 2.41 bits per heavy atom. The molecule has 1 amide bonds. The van der Waals surface area contributed by atoms with Crippen LogP contribution in [0, 0.1) is 0 Å². The van der Waals surface area contributed by atoms with Crippen molar-refractivity contribution >= 4 is 23.2 Å². The van der Waals surface area contributed by atoms with Crippen molar-refractivity contribution in [3.05, 3.63) is 57.3 Å². The maximum absolute atomic E-state index is 12.4. The van der Waals surface area contributed by atoms with Crippen molar-refractivity contribution in [2.24, 2.45) is 0 Å². The minimum absolute atomic E-state index is 0.118. The lowest BCUT2D eigenvalue weighted by Crippen LogP contribution is -2.26. The number of carboxylic acid groups (broad SMARTS) is 1. The smallest absolute Gasteiger partial charge is 0.345 e. The van der Waals surface area contributed by atoms with Crippen LogP contribution in [-0.2, 0) is 12.0 Å². The van der Waals surface area contributed by atoms with Crippen molar-refractivity contribution in [3.8, 4) is 0 Å². The zero-order valence-electron chi connectivity index (χ0n) is 12.8. The monoisotopic (exact) mass is 317 g/mol. The Morgan fingerprint density at radius 1 is 1.14 bits per heavy atom. The van der Waals surface area contributed by atoms with E-state index in [2.05, 4.69) is 26.1 Å². The molecule has 0 unspecified atom stereocenters. The Balaban J connectivity index is 2.11. The van der Waals surface area contributed by atoms with Crippen LogP contribution >= 0.6 is 11.3 Å². The highest BCUT2D eigenvalue weighted by atomic mass is 32.1. The van der Waals surface area contributed by atoms with Crippen LogP contribution in [0.5, 0.6) is 0 Å². The number of amides is 1. The summed E-state index contributed by atoms with van der Waals surface area (Å²) in [5.41, 5.74) is 1.53. The van der Waals surface area contributed by atoms with Crippen molar-refractivity contribution in [1.29, 1.82) is 0 Å². The molecule has 0 spiro atoms. The first kappa shape index (κ1) is 16.2. The molecule has 0 saturated heterocycles. The second-order valence-corrected chi connectivity index (χ2v) is 7.22. The van der Waals surface area contributed by atoms with Crippen molar-refractivity contribution in [3.63, 3.8) is 0 Å². The van der Waals surface area contributed by atoms with E-state index in [4.69, 9.17) is 5.11 Å². The Bertz CT molecular complexity index is 698. The summed E-state index contributed by atoms with van der Waals surface area (Å²) in [6.45, 7) is 6.53. The fraction of sp³-hybridized carbons (Fsp3) is 0.294. The maximum atomic E-state index is 12.4. The van der Waals surface area contributed by atoms with E-state index >= 15 is 0 Å². The van der Waals surface area contributed by atoms with Gasteiger partial charge in [0.05, 0.1) is 6.54 Å². The van der Waals surface area contributed by atoms with Crippen LogP contribution in [0.15, 0.2) is 36.4 Å². The van der Waals surface area contributed by atoms with Crippen molar-refractivity contribution < 1.29 is 14.7 Å². The quantitative estimate of drug-likeness (QED) is 0.904. The first-order valence-corrected chi connectivity index (χ1v) is 7.80. The van der Waals surface area contributed by atoms with Crippen LogP contribution in [-0.4, -0.2) is 17.0 Å². The molecule has 4 nitrogen and oxygen atoms in total. The van der Waals surface area contributed by atoms with Crippen LogP contribution in [0.4, 0.5) is 0 Å². The average Bonchev–Trinajstić information content (AvgIpc) is 2.93. The Hall–Kier alpha value is -2.14. The predicted octanol–water partition coefficient (Wildman–Crippen LogP) is 3.67. The van der Waals surface area contributed by atoms with E-state index in [1.165, 1.54) is 11.3 Å². The lowest BCUT2D eigenvalue weighted by molar-refractivity contribution is 0.0702. The predicted molar refractivity (Wildman–Crippen MR) is 87.6 cm³/mol. The van der Waals surface area contributed by atoms with Crippen LogP contribution in [0.3, 0.4) is 0 Å². The number of hydrogen-bond acceptors (Lipinski definition) is 3. The van der Waals surface area contributed by atoms with Gasteiger partial charge in [-0.15, -0.1) is 11.3 Å². The first-order chi connectivity index (χ1) is 10.3. The van der Waals surface area contributed by atoms with E-state index in [0.717, 1.165) is 10.4 Å². The van der Waals surface area contributed by atoms with Crippen LogP contribution in [0.1, 0.15) is 51.2 Å². The molecule has 0 aliphatic carbocycles. The molecule has 1 heterocycles. The first-order valence-electron chi connectivity index (χ1n) is 6.99. The second kappa shape index (κ2) is 6.32. The molecule has 1 aromatic heterocycles. The van der Waals surface area contributed by atoms with Gasteiger partial charge in [0, 0.05) is 10.4 Å². The fourth-order valence-electron chi connectivity index (χ4n) is 2.19. The van der Waals surface area contributed by atoms with Crippen molar-refractivity contribution in [2.75, 3.05) is 0 Å². The van der Waals surface area contributed by atoms with E-state index in [-0.39, 0.29) is 16.2 Å². The van der Waals surface area contributed by atoms with Gasteiger partial charge in [-0.25, -0.2) is 4.79 Å². The second-order valence-electron chi connectivity index (χ2n) is 6.05. The molecule has 0 aliphatic heterocycles. The molecular weight excluding hydrogens is 298 g/mol. The lowest BCUT2D eigenvalue weighted by atomic mass is 9.83. The highest BCUT2D eigenvalue weighted by Crippen LogP contribution is 2.25. The molecule has 1 aromatic carbocycles. The van der Waals surface area contributed by atoms with Gasteiger partial charge in [-0.05, 0) is 29.2 Å². The zero-order valence-corrected chi connectivity index (χ0v) is 13.7. The Morgan fingerprint density at radius 2 is 1.82 bits per heavy atom. The molecule has 22 heavy (non-hydrogen) atoms. The molecule has 5 heteroatoms. The normalized spacial score (nSPS) is 11.2. The summed E-state index contributed by atoms with van der Waals surface area (Å²) in [6.07, 6.45) is 0. The van der Waals surface area contributed by atoms with Gasteiger partial charge >= 0.3 is 5.97 Å². The molecule has 0 fully saturated rings. The Kier molecular flexibility index (Phi) is 4.66. The minimum atomic E-state index is -0.944. The highest BCUT2D eigenvalue weighted by Gasteiger charge is 2.21. The number of nitrogens with one attached hydrogen (secondary N) is 1. The molecule has 0 bridgehead atoms. The summed E-state index contributed by atoms with van der Waals surface area (Å²) >= 11 is 1.17. The highest BCUT2D eigenvalue weighted by molar-refractivity contribution is 7.13. The molecule has 2 N–H and O–H groups in total. The molecular formula is C17H19NO3S. The third-order valence-corrected chi connectivity index (χ3v) is 4.35. The Labute approximate surface area is 133 Å². The number of hydrogen-bond donors (Lipinski definition) is 2. The minimum Gasteiger partial charge on any atom is -0.477 e. The summed E-state index contributed by atoms with van der Waals surface area (Å²) in [5, 5.41) is 11.8. The van der Waals surface area contributed by atoms with Gasteiger partial charge in [-0.3, -0.25) is 4.79 Å². The number of carbonyl (C=O) groups is 2. The molecule has 0 atom stereocenters. The fourth-order valence-corrected chi connectivity index (χ4v) is 2.97. The molecule has 0 radical (unpaired) electrons. The summed E-state index contributed by atoms with van der Waals surface area (Å²) in [7, 11) is 0. The lowest BCUT2D eigenvalue weighted by Gasteiger charge is -2.22. The standard InChI is InChI=1S/C17H19NO3S/c1-17(2,3)13-7-5-4-6-12(13)15(19)18-10-11-8-9-14(22-11)16(20)21/h4-9H,10H2,1-3H3,(H,18,19)(H,20,21). The average molecular weight is 317 g/mol. The van der Waals surface area contributed by atoms with Gasteiger partial charge in [-0.1, -0.05) is 39.0 Å². The van der Waals surface area contributed by atoms with Crippen molar-refractivity contribution in [1.82, 2.24) is 5.32 Å². The third-order valence-electron chi connectivity index (χ3n) is 3.28. The summed E-state index contributed by atoms with van der Waals surface area (Å²) in [6, 6.07) is 10.8. The van der Waals surface area contributed by atoms with E-state index in [9.17, 15) is 9.59 Å². The van der Waals surface area contributed by atoms with Gasteiger partial charge in [0.25, 0.3) is 5.91 Å². The number of thiophene rings is 1. The van der Waals surface area contributed by atoms with Crippen LogP contribution in [0.25, 0.3) is 0 Å². The topological polar surface area (TPSA) is 66.4 Å². The molecule has 2 aromatic rings. The van der Waals surface area contributed by atoms with Crippen LogP contribution < -0.4 is 5.32 Å². The third kappa shape index (κ3) is 3.74. The zero-order chi connectivity index (χ0) is 16.3. The maximum Gasteiger partial charge on any atom is 0.345 e. The molecule has 116 valence electrons. The van der Waals surface area contributed by atoms with Crippen molar-refractivity contribution in [2.45, 2.75) is 32.7 Å². The molecule has 0 saturated carbocycles. The summed E-state index contributed by atoms with van der Waals surface area (Å²) in [4.78, 5) is 24.4. The number of carbonyl (C=O) groups excluding carboxylic acids is 1. The van der Waals surface area contributed by atoms with E-state index < -0.39 is 5.97 Å². The van der Waals surface area contributed by atoms with E-state index in [1.807, 2.05) is 24.3 Å². The molecule has 0 aliphatic rings. The largest absolute Gasteiger partial charge is 0.477 e. The van der Waals surface area contributed by atoms with E-state index in [1.54, 1.807) is 12.1 Å². The van der Waals surface area contributed by atoms with Crippen LogP contribution in [0.2, 0.25) is 0 Å². The number of aromatic carboxylic acids is 1. The van der Waals surface area contributed by atoms with Gasteiger partial charge < -0.3 is 10.4 Å². The summed E-state index contributed by atoms with van der Waals surface area (Å²) in [5.74, 6) is -1.09. The van der Waals surface area contributed by atoms with Gasteiger partial charge in [-0.2, -0.15) is 0 Å². The van der Waals surface area contributed by atoms with Gasteiger partial charge in [0.15, 0.2) is 0 Å². The molecule has 2 rings (SSSR count). The number of carboxylic acids is 1. The SMILES string of the molecule is CC(C)(C)c1ccccc1C(=O)NCc1ccc(C(=O)O)s1. The number of rotatable bonds is 4. The number of benzene rings is 1. The summed E-state index contributed by atoms with van der Waals surface area (Å²) < 4.78 is 0. The van der Waals surface area contributed by atoms with E-state index in [0.29, 0.717) is 12.1 Å². The van der Waals surface area contributed by atoms with Gasteiger partial charge in [0.2, 0.25) is 0 Å². The van der Waals surface area contributed by atoms with Gasteiger partial charge in [0.1, 0.15) is 4.88 Å².